The lowest BCUT2D eigenvalue weighted by Crippen LogP contribution is -2.41. The van der Waals surface area contributed by atoms with E-state index in [1.54, 1.807) is 0 Å². The zero-order valence-electron chi connectivity index (χ0n) is 10.4. The van der Waals surface area contributed by atoms with E-state index in [9.17, 15) is 0 Å². The summed E-state index contributed by atoms with van der Waals surface area (Å²) < 4.78 is 5.21. The van der Waals surface area contributed by atoms with Crippen LogP contribution in [0.2, 0.25) is 0 Å². The van der Waals surface area contributed by atoms with E-state index in [-0.39, 0.29) is 0 Å². The van der Waals surface area contributed by atoms with Gasteiger partial charge >= 0.3 is 6.01 Å². The number of hydrogen-bond acceptors (Lipinski definition) is 5. The van der Waals surface area contributed by atoms with Crippen LogP contribution in [0.4, 0.5) is 6.01 Å². The van der Waals surface area contributed by atoms with Gasteiger partial charge in [-0.15, -0.1) is 0 Å². The first kappa shape index (κ1) is 11.0. The Kier molecular flexibility index (Phi) is 3.01. The van der Waals surface area contributed by atoms with Crippen LogP contribution in [0.25, 0.3) is 0 Å². The summed E-state index contributed by atoms with van der Waals surface area (Å²) in [7, 11) is 0. The van der Waals surface area contributed by atoms with Gasteiger partial charge in [-0.05, 0) is 45.1 Å². The van der Waals surface area contributed by atoms with Crippen LogP contribution < -0.4 is 10.2 Å². The molecule has 3 heterocycles. The average Bonchev–Trinajstić information content (AvgIpc) is 3.00. The smallest absolute Gasteiger partial charge is 0.324 e. The molecule has 2 fully saturated rings. The van der Waals surface area contributed by atoms with Crippen LogP contribution in [-0.2, 0) is 0 Å². The van der Waals surface area contributed by atoms with Crippen molar-refractivity contribution in [3.63, 3.8) is 0 Å². The molecule has 5 heteroatoms. The van der Waals surface area contributed by atoms with E-state index in [0.29, 0.717) is 6.01 Å². The summed E-state index contributed by atoms with van der Waals surface area (Å²) in [6.45, 7) is 5.16. The van der Waals surface area contributed by atoms with E-state index in [1.807, 2.05) is 6.92 Å². The number of hydrogen-bond donors (Lipinski definition) is 1. The minimum Gasteiger partial charge on any atom is -0.324 e. The van der Waals surface area contributed by atoms with Crippen LogP contribution in [0.3, 0.4) is 0 Å². The molecule has 0 bridgehead atoms. The highest BCUT2D eigenvalue weighted by molar-refractivity contribution is 5.25. The third-order valence-electron chi connectivity index (χ3n) is 3.99. The maximum absolute atomic E-state index is 5.21. The molecule has 2 aliphatic rings. The number of aromatic nitrogens is 2. The Labute approximate surface area is 102 Å². The van der Waals surface area contributed by atoms with Crippen molar-refractivity contribution >= 4 is 6.01 Å². The van der Waals surface area contributed by atoms with E-state index in [0.717, 1.165) is 30.9 Å². The molecule has 0 spiro atoms. The minimum absolute atomic E-state index is 0.695. The molecule has 0 radical (unpaired) electrons. The molecule has 94 valence electrons. The predicted molar refractivity (Wildman–Crippen MR) is 65.0 cm³/mol. The number of nitrogens with zero attached hydrogens (tertiary/aromatic N) is 3. The van der Waals surface area contributed by atoms with Crippen molar-refractivity contribution in [2.24, 2.45) is 5.92 Å². The van der Waals surface area contributed by atoms with Crippen LogP contribution in [0.1, 0.15) is 31.5 Å². The zero-order valence-corrected chi connectivity index (χ0v) is 10.4. The second kappa shape index (κ2) is 4.64. The van der Waals surface area contributed by atoms with E-state index in [2.05, 4.69) is 20.4 Å². The van der Waals surface area contributed by atoms with Gasteiger partial charge in [-0.25, -0.2) is 0 Å². The molecule has 2 saturated heterocycles. The summed E-state index contributed by atoms with van der Waals surface area (Å²) in [5, 5.41) is 7.46. The Bertz CT molecular complexity index is 364. The Hall–Kier alpha value is -1.10. The first-order chi connectivity index (χ1) is 8.33. The van der Waals surface area contributed by atoms with Gasteiger partial charge in [0, 0.05) is 19.1 Å². The highest BCUT2D eigenvalue weighted by Crippen LogP contribution is 2.27. The lowest BCUT2D eigenvalue weighted by molar-refractivity contribution is 0.306. The lowest BCUT2D eigenvalue weighted by atomic mass is 9.89. The number of rotatable bonds is 2. The molecule has 5 nitrogen and oxygen atoms in total. The van der Waals surface area contributed by atoms with Crippen LogP contribution in [0.15, 0.2) is 4.52 Å². The topological polar surface area (TPSA) is 54.2 Å². The first-order valence-electron chi connectivity index (χ1n) is 6.61. The van der Waals surface area contributed by atoms with Crippen molar-refractivity contribution in [2.45, 2.75) is 38.6 Å². The number of piperidine rings is 1. The van der Waals surface area contributed by atoms with Crippen molar-refractivity contribution in [3.05, 3.63) is 5.82 Å². The molecule has 2 aliphatic heterocycles. The predicted octanol–water partition coefficient (Wildman–Crippen LogP) is 1.35. The largest absolute Gasteiger partial charge is 0.324 e. The fourth-order valence-electron chi connectivity index (χ4n) is 3.02. The molecule has 17 heavy (non-hydrogen) atoms. The molecule has 1 N–H and O–H groups in total. The number of anilines is 1. The summed E-state index contributed by atoms with van der Waals surface area (Å²) >= 11 is 0. The van der Waals surface area contributed by atoms with Gasteiger partial charge in [-0.2, -0.15) is 4.98 Å². The summed E-state index contributed by atoms with van der Waals surface area (Å²) in [6.07, 6.45) is 5.16. The van der Waals surface area contributed by atoms with Crippen LogP contribution in [0.5, 0.6) is 0 Å². The number of nitrogens with one attached hydrogen (secondary N) is 1. The van der Waals surface area contributed by atoms with Gasteiger partial charge < -0.3 is 14.7 Å². The Balaban J connectivity index is 1.56. The minimum atomic E-state index is 0.695. The molecular formula is C12H20N4O. The fourth-order valence-corrected chi connectivity index (χ4v) is 3.02. The van der Waals surface area contributed by atoms with Crippen LogP contribution in [-0.4, -0.2) is 35.8 Å². The Morgan fingerprint density at radius 1 is 1.29 bits per heavy atom. The SMILES string of the molecule is Cc1noc(N2CCC(C3CCCN3)CC2)n1. The quantitative estimate of drug-likeness (QED) is 0.840. The van der Waals surface area contributed by atoms with Gasteiger partial charge in [0.15, 0.2) is 5.82 Å². The number of aryl methyl sites for hydroxylation is 1. The van der Waals surface area contributed by atoms with Gasteiger partial charge in [-0.3, -0.25) is 0 Å². The lowest BCUT2D eigenvalue weighted by Gasteiger charge is -2.33. The van der Waals surface area contributed by atoms with Crippen LogP contribution in [0, 0.1) is 12.8 Å². The zero-order chi connectivity index (χ0) is 11.7. The highest BCUT2D eigenvalue weighted by atomic mass is 16.5. The van der Waals surface area contributed by atoms with Gasteiger partial charge in [0.25, 0.3) is 0 Å². The molecule has 3 rings (SSSR count). The average molecular weight is 236 g/mol. The van der Waals surface area contributed by atoms with Gasteiger partial charge in [0.2, 0.25) is 0 Å². The van der Waals surface area contributed by atoms with E-state index in [1.165, 1.54) is 32.2 Å². The van der Waals surface area contributed by atoms with E-state index >= 15 is 0 Å². The van der Waals surface area contributed by atoms with Gasteiger partial charge in [-0.1, -0.05) is 5.16 Å². The summed E-state index contributed by atoms with van der Waals surface area (Å²) in [5.41, 5.74) is 0. The van der Waals surface area contributed by atoms with Crippen LogP contribution >= 0.6 is 0 Å². The maximum atomic E-state index is 5.21. The second-order valence-corrected chi connectivity index (χ2v) is 5.15. The molecule has 0 aliphatic carbocycles. The molecule has 0 amide bonds. The molecule has 1 atom stereocenters. The van der Waals surface area contributed by atoms with E-state index in [4.69, 9.17) is 4.52 Å². The molecule has 1 aromatic heterocycles. The van der Waals surface area contributed by atoms with Gasteiger partial charge in [0.1, 0.15) is 0 Å². The fraction of sp³-hybridized carbons (Fsp3) is 0.833. The van der Waals surface area contributed by atoms with Gasteiger partial charge in [0.05, 0.1) is 0 Å². The maximum Gasteiger partial charge on any atom is 0.324 e. The molecule has 1 aromatic rings. The first-order valence-corrected chi connectivity index (χ1v) is 6.61. The third kappa shape index (κ3) is 2.29. The highest BCUT2D eigenvalue weighted by Gasteiger charge is 2.29. The second-order valence-electron chi connectivity index (χ2n) is 5.15. The van der Waals surface area contributed by atoms with Crippen molar-refractivity contribution in [1.82, 2.24) is 15.5 Å². The molecular weight excluding hydrogens is 216 g/mol. The molecule has 1 unspecified atom stereocenters. The normalized spacial score (nSPS) is 26.6. The third-order valence-corrected chi connectivity index (χ3v) is 3.99. The summed E-state index contributed by atoms with van der Waals surface area (Å²) in [5.74, 6) is 1.55. The van der Waals surface area contributed by atoms with E-state index < -0.39 is 0 Å². The summed E-state index contributed by atoms with van der Waals surface area (Å²) in [6, 6.07) is 1.45. The monoisotopic (exact) mass is 236 g/mol. The van der Waals surface area contributed by atoms with Crippen molar-refractivity contribution in [1.29, 1.82) is 0 Å². The Morgan fingerprint density at radius 3 is 2.71 bits per heavy atom. The Morgan fingerprint density at radius 2 is 2.12 bits per heavy atom. The molecule has 0 aromatic carbocycles. The van der Waals surface area contributed by atoms with Crippen molar-refractivity contribution < 1.29 is 4.52 Å². The standard InChI is InChI=1S/C12H20N4O/c1-9-14-12(17-15-9)16-7-4-10(5-8-16)11-3-2-6-13-11/h10-11,13H,2-8H2,1H3. The molecule has 0 saturated carbocycles. The van der Waals surface area contributed by atoms with Crippen molar-refractivity contribution in [2.75, 3.05) is 24.5 Å². The summed E-state index contributed by atoms with van der Waals surface area (Å²) in [4.78, 5) is 6.50. The van der Waals surface area contributed by atoms with Crippen molar-refractivity contribution in [3.8, 4) is 0 Å².